The van der Waals surface area contributed by atoms with Gasteiger partial charge in [0.2, 0.25) is 0 Å². The lowest BCUT2D eigenvalue weighted by molar-refractivity contribution is -0.143. The van der Waals surface area contributed by atoms with Crippen LogP contribution in [0.2, 0.25) is 0 Å². The molecule has 19 heavy (non-hydrogen) atoms. The van der Waals surface area contributed by atoms with Crippen LogP contribution in [0.3, 0.4) is 0 Å². The van der Waals surface area contributed by atoms with Crippen LogP contribution in [0, 0.1) is 17.8 Å². The minimum absolute atomic E-state index is 0.0694. The van der Waals surface area contributed by atoms with Gasteiger partial charge in [0.25, 0.3) is 0 Å². The first-order valence-electron chi connectivity index (χ1n) is 8.06. The zero-order valence-corrected chi connectivity index (χ0v) is 12.3. The second-order valence-corrected chi connectivity index (χ2v) is 6.76. The van der Waals surface area contributed by atoms with Gasteiger partial charge in [-0.25, -0.2) is 0 Å². The number of nitrogens with zero attached hydrogens (tertiary/aromatic N) is 1. The van der Waals surface area contributed by atoms with E-state index >= 15 is 0 Å². The summed E-state index contributed by atoms with van der Waals surface area (Å²) in [5.41, 5.74) is 0. The van der Waals surface area contributed by atoms with E-state index in [-0.39, 0.29) is 5.92 Å². The van der Waals surface area contributed by atoms with Crippen molar-refractivity contribution in [3.63, 3.8) is 0 Å². The van der Waals surface area contributed by atoms with Crippen LogP contribution in [0.25, 0.3) is 0 Å². The summed E-state index contributed by atoms with van der Waals surface area (Å²) in [7, 11) is 2.23. The first-order chi connectivity index (χ1) is 9.15. The Morgan fingerprint density at radius 3 is 2.26 bits per heavy atom. The number of aliphatic carboxylic acids is 1. The molecular formula is C16H29NO2. The summed E-state index contributed by atoms with van der Waals surface area (Å²) in [5, 5.41) is 9.00. The van der Waals surface area contributed by atoms with Crippen molar-refractivity contribution in [3.8, 4) is 0 Å². The third-order valence-electron chi connectivity index (χ3n) is 5.16. The molecule has 3 heteroatoms. The largest absolute Gasteiger partial charge is 0.481 e. The topological polar surface area (TPSA) is 40.5 Å². The van der Waals surface area contributed by atoms with Crippen molar-refractivity contribution < 1.29 is 9.90 Å². The predicted octanol–water partition coefficient (Wildman–Crippen LogP) is 3.39. The molecule has 0 aromatic rings. The van der Waals surface area contributed by atoms with Crippen molar-refractivity contribution in [1.82, 2.24) is 4.90 Å². The zero-order chi connectivity index (χ0) is 13.7. The number of carbonyl (C=O) groups is 1. The van der Waals surface area contributed by atoms with Crippen molar-refractivity contribution in [2.45, 2.75) is 57.8 Å². The molecule has 0 aliphatic heterocycles. The average molecular weight is 267 g/mol. The van der Waals surface area contributed by atoms with Gasteiger partial charge in [-0.3, -0.25) is 4.79 Å². The summed E-state index contributed by atoms with van der Waals surface area (Å²) in [6, 6.07) is 0. The van der Waals surface area contributed by atoms with Crippen LogP contribution in [0.5, 0.6) is 0 Å². The summed E-state index contributed by atoms with van der Waals surface area (Å²) < 4.78 is 0. The molecule has 2 aliphatic carbocycles. The third-order valence-corrected chi connectivity index (χ3v) is 5.16. The first kappa shape index (κ1) is 14.8. The molecule has 110 valence electrons. The summed E-state index contributed by atoms with van der Waals surface area (Å²) in [6.45, 7) is 2.39. The lowest BCUT2D eigenvalue weighted by Gasteiger charge is -2.30. The molecule has 2 saturated carbocycles. The second kappa shape index (κ2) is 7.28. The highest BCUT2D eigenvalue weighted by Crippen LogP contribution is 2.30. The lowest BCUT2D eigenvalue weighted by Crippen LogP contribution is -2.31. The minimum Gasteiger partial charge on any atom is -0.481 e. The van der Waals surface area contributed by atoms with Crippen LogP contribution in [0.15, 0.2) is 0 Å². The highest BCUT2D eigenvalue weighted by Gasteiger charge is 2.26. The van der Waals surface area contributed by atoms with Gasteiger partial charge in [0, 0.05) is 6.54 Å². The van der Waals surface area contributed by atoms with Crippen LogP contribution in [-0.4, -0.2) is 36.1 Å². The molecule has 0 aromatic carbocycles. The molecule has 0 unspecified atom stereocenters. The Hall–Kier alpha value is -0.570. The SMILES string of the molecule is CN(CCC1CCCC1)CC1CCC(C(=O)O)CC1. The third kappa shape index (κ3) is 4.79. The smallest absolute Gasteiger partial charge is 0.306 e. The Bertz CT molecular complexity index is 278. The van der Waals surface area contributed by atoms with Crippen molar-refractivity contribution in [1.29, 1.82) is 0 Å². The summed E-state index contributed by atoms with van der Waals surface area (Å²) >= 11 is 0. The number of carboxylic acid groups (broad SMARTS) is 1. The molecule has 1 N–H and O–H groups in total. The molecule has 0 spiro atoms. The Morgan fingerprint density at radius 2 is 1.68 bits per heavy atom. The van der Waals surface area contributed by atoms with E-state index in [1.807, 2.05) is 0 Å². The number of carboxylic acids is 1. The van der Waals surface area contributed by atoms with E-state index in [9.17, 15) is 4.79 Å². The van der Waals surface area contributed by atoms with Gasteiger partial charge in [0.1, 0.15) is 0 Å². The van der Waals surface area contributed by atoms with E-state index in [1.54, 1.807) is 0 Å². The van der Waals surface area contributed by atoms with Crippen molar-refractivity contribution in [2.24, 2.45) is 17.8 Å². The molecular weight excluding hydrogens is 238 g/mol. The Labute approximate surface area is 117 Å². The standard InChI is InChI=1S/C16H29NO2/c1-17(11-10-13-4-2-3-5-13)12-14-6-8-15(9-7-14)16(18)19/h13-15H,2-12H2,1H3,(H,18,19). The van der Waals surface area contributed by atoms with E-state index in [0.29, 0.717) is 0 Å². The lowest BCUT2D eigenvalue weighted by atomic mass is 9.82. The van der Waals surface area contributed by atoms with Gasteiger partial charge in [-0.05, 0) is 57.5 Å². The fourth-order valence-corrected chi connectivity index (χ4v) is 3.83. The molecule has 0 amide bonds. The predicted molar refractivity (Wildman–Crippen MR) is 77.2 cm³/mol. The van der Waals surface area contributed by atoms with E-state index in [1.165, 1.54) is 45.2 Å². The zero-order valence-electron chi connectivity index (χ0n) is 12.3. The molecule has 2 aliphatic rings. The maximum atomic E-state index is 10.9. The van der Waals surface area contributed by atoms with Crippen LogP contribution >= 0.6 is 0 Å². The molecule has 0 heterocycles. The van der Waals surface area contributed by atoms with Gasteiger partial charge >= 0.3 is 5.97 Å². The molecule has 0 aromatic heterocycles. The van der Waals surface area contributed by atoms with Crippen molar-refractivity contribution in [3.05, 3.63) is 0 Å². The number of rotatable bonds is 6. The second-order valence-electron chi connectivity index (χ2n) is 6.76. The van der Waals surface area contributed by atoms with Gasteiger partial charge in [0.05, 0.1) is 5.92 Å². The highest BCUT2D eigenvalue weighted by molar-refractivity contribution is 5.69. The Morgan fingerprint density at radius 1 is 1.05 bits per heavy atom. The molecule has 0 radical (unpaired) electrons. The maximum Gasteiger partial charge on any atom is 0.306 e. The Kier molecular flexibility index (Phi) is 5.68. The average Bonchev–Trinajstić information content (AvgIpc) is 2.90. The first-order valence-corrected chi connectivity index (χ1v) is 8.06. The van der Waals surface area contributed by atoms with Gasteiger partial charge in [-0.1, -0.05) is 25.7 Å². The van der Waals surface area contributed by atoms with Gasteiger partial charge in [0.15, 0.2) is 0 Å². The normalized spacial score (nSPS) is 28.9. The number of hydrogen-bond acceptors (Lipinski definition) is 2. The summed E-state index contributed by atoms with van der Waals surface area (Å²) in [5.74, 6) is 1.04. The van der Waals surface area contributed by atoms with E-state index in [0.717, 1.165) is 37.5 Å². The molecule has 0 saturated heterocycles. The molecule has 2 rings (SSSR count). The monoisotopic (exact) mass is 267 g/mol. The maximum absolute atomic E-state index is 10.9. The highest BCUT2D eigenvalue weighted by atomic mass is 16.4. The summed E-state index contributed by atoms with van der Waals surface area (Å²) in [4.78, 5) is 13.4. The van der Waals surface area contributed by atoms with E-state index in [2.05, 4.69) is 11.9 Å². The molecule has 0 atom stereocenters. The molecule has 2 fully saturated rings. The van der Waals surface area contributed by atoms with Gasteiger partial charge in [-0.2, -0.15) is 0 Å². The number of hydrogen-bond donors (Lipinski definition) is 1. The molecule has 0 bridgehead atoms. The Balaban J connectivity index is 1.60. The van der Waals surface area contributed by atoms with Gasteiger partial charge < -0.3 is 10.0 Å². The minimum atomic E-state index is -0.590. The van der Waals surface area contributed by atoms with Crippen molar-refractivity contribution in [2.75, 3.05) is 20.1 Å². The van der Waals surface area contributed by atoms with E-state index in [4.69, 9.17) is 5.11 Å². The van der Waals surface area contributed by atoms with Gasteiger partial charge in [-0.15, -0.1) is 0 Å². The quantitative estimate of drug-likeness (QED) is 0.802. The fourth-order valence-electron chi connectivity index (χ4n) is 3.83. The fraction of sp³-hybridized carbons (Fsp3) is 0.938. The van der Waals surface area contributed by atoms with E-state index < -0.39 is 5.97 Å². The van der Waals surface area contributed by atoms with Crippen LogP contribution in [0.1, 0.15) is 57.8 Å². The van der Waals surface area contributed by atoms with Crippen molar-refractivity contribution >= 4 is 5.97 Å². The van der Waals surface area contributed by atoms with Crippen LogP contribution in [-0.2, 0) is 4.79 Å². The van der Waals surface area contributed by atoms with Crippen LogP contribution in [0.4, 0.5) is 0 Å². The molecule has 3 nitrogen and oxygen atoms in total. The summed E-state index contributed by atoms with van der Waals surface area (Å²) in [6.07, 6.45) is 11.1. The van der Waals surface area contributed by atoms with Crippen LogP contribution < -0.4 is 0 Å².